The molecule has 0 radical (unpaired) electrons. The standard InChI is InChI=1S/C29H29N5O3/c1-37-25-11-9-22(10-12-25)27-18-26(32-34(27)24-7-3-2-4-8-24)29(36)33-16-13-23(14-17-33)28(35)31-20-21-6-5-15-30-19-21/h2-12,15,18-19,23H,13-14,16-17,20H2,1H3,(H,31,35). The Morgan fingerprint density at radius 2 is 1.76 bits per heavy atom. The molecule has 0 atom stereocenters. The van der Waals surface area contributed by atoms with Gasteiger partial charge in [0.25, 0.3) is 5.91 Å². The minimum absolute atomic E-state index is 0.0195. The fourth-order valence-corrected chi connectivity index (χ4v) is 4.56. The first-order valence-electron chi connectivity index (χ1n) is 12.4. The summed E-state index contributed by atoms with van der Waals surface area (Å²) in [6, 6.07) is 23.1. The zero-order chi connectivity index (χ0) is 25.6. The van der Waals surface area contributed by atoms with Crippen LogP contribution < -0.4 is 10.1 Å². The second-order valence-corrected chi connectivity index (χ2v) is 9.04. The lowest BCUT2D eigenvalue weighted by molar-refractivity contribution is -0.126. The molecule has 37 heavy (non-hydrogen) atoms. The molecule has 8 nitrogen and oxygen atoms in total. The number of rotatable bonds is 7. The van der Waals surface area contributed by atoms with Gasteiger partial charge in [-0.15, -0.1) is 0 Å². The third-order valence-electron chi connectivity index (χ3n) is 6.66. The van der Waals surface area contributed by atoms with Crippen LogP contribution in [0.1, 0.15) is 28.9 Å². The molecule has 1 aliphatic rings. The predicted octanol–water partition coefficient (Wildman–Crippen LogP) is 4.11. The van der Waals surface area contributed by atoms with Crippen molar-refractivity contribution in [1.29, 1.82) is 0 Å². The maximum Gasteiger partial charge on any atom is 0.274 e. The van der Waals surface area contributed by atoms with Crippen molar-refractivity contribution >= 4 is 11.8 Å². The summed E-state index contributed by atoms with van der Waals surface area (Å²) in [7, 11) is 1.63. The molecule has 5 rings (SSSR count). The van der Waals surface area contributed by atoms with Crippen molar-refractivity contribution in [3.63, 3.8) is 0 Å². The van der Waals surface area contributed by atoms with Crippen LogP contribution in [0.4, 0.5) is 0 Å². The molecule has 0 unspecified atom stereocenters. The quantitative estimate of drug-likeness (QED) is 0.417. The maximum absolute atomic E-state index is 13.4. The number of benzene rings is 2. The monoisotopic (exact) mass is 495 g/mol. The number of nitrogens with zero attached hydrogens (tertiary/aromatic N) is 4. The molecule has 0 bridgehead atoms. The minimum Gasteiger partial charge on any atom is -0.497 e. The molecule has 0 spiro atoms. The Balaban J connectivity index is 1.29. The van der Waals surface area contributed by atoms with Gasteiger partial charge in [0.2, 0.25) is 5.91 Å². The Labute approximate surface area is 215 Å². The van der Waals surface area contributed by atoms with E-state index in [2.05, 4.69) is 10.3 Å². The molecule has 2 amide bonds. The zero-order valence-corrected chi connectivity index (χ0v) is 20.7. The lowest BCUT2D eigenvalue weighted by Gasteiger charge is -2.30. The number of hydrogen-bond acceptors (Lipinski definition) is 5. The third kappa shape index (κ3) is 5.53. The number of ether oxygens (including phenoxy) is 1. The van der Waals surface area contributed by atoms with E-state index in [0.29, 0.717) is 38.2 Å². The number of methoxy groups -OCH3 is 1. The van der Waals surface area contributed by atoms with Gasteiger partial charge in [0.05, 0.1) is 18.5 Å². The molecule has 3 heterocycles. The lowest BCUT2D eigenvalue weighted by atomic mass is 9.95. The first-order valence-corrected chi connectivity index (χ1v) is 12.4. The highest BCUT2D eigenvalue weighted by atomic mass is 16.5. The van der Waals surface area contributed by atoms with Gasteiger partial charge in [0.15, 0.2) is 5.69 Å². The van der Waals surface area contributed by atoms with Crippen LogP contribution in [0.2, 0.25) is 0 Å². The molecule has 4 aromatic rings. The average Bonchev–Trinajstić information content (AvgIpc) is 3.42. The van der Waals surface area contributed by atoms with Crippen molar-refractivity contribution in [2.45, 2.75) is 19.4 Å². The van der Waals surface area contributed by atoms with Crippen molar-refractivity contribution < 1.29 is 14.3 Å². The number of nitrogens with one attached hydrogen (secondary N) is 1. The number of hydrogen-bond donors (Lipinski definition) is 1. The maximum atomic E-state index is 13.4. The Morgan fingerprint density at radius 3 is 2.43 bits per heavy atom. The van der Waals surface area contributed by atoms with E-state index in [0.717, 1.165) is 28.3 Å². The molecule has 1 saturated heterocycles. The van der Waals surface area contributed by atoms with E-state index in [1.54, 1.807) is 29.1 Å². The molecule has 8 heteroatoms. The van der Waals surface area contributed by atoms with Crippen LogP contribution in [-0.4, -0.2) is 51.7 Å². The Morgan fingerprint density at radius 1 is 1.00 bits per heavy atom. The van der Waals surface area contributed by atoms with Crippen molar-refractivity contribution in [2.24, 2.45) is 5.92 Å². The fraction of sp³-hybridized carbons (Fsp3) is 0.241. The molecule has 2 aromatic carbocycles. The summed E-state index contributed by atoms with van der Waals surface area (Å²) in [5, 5.41) is 7.69. The van der Waals surface area contributed by atoms with Crippen molar-refractivity contribution in [1.82, 2.24) is 25.0 Å². The molecule has 0 saturated carbocycles. The van der Waals surface area contributed by atoms with Crippen LogP contribution in [0, 0.1) is 5.92 Å². The molecular weight excluding hydrogens is 466 g/mol. The van der Waals surface area contributed by atoms with Gasteiger partial charge < -0.3 is 15.0 Å². The van der Waals surface area contributed by atoms with Crippen LogP contribution >= 0.6 is 0 Å². The lowest BCUT2D eigenvalue weighted by Crippen LogP contribution is -2.43. The number of pyridine rings is 1. The van der Waals surface area contributed by atoms with Gasteiger partial charge in [0, 0.05) is 43.5 Å². The summed E-state index contributed by atoms with van der Waals surface area (Å²) >= 11 is 0. The number of piperidine rings is 1. The summed E-state index contributed by atoms with van der Waals surface area (Å²) in [5.74, 6) is 0.542. The number of carbonyl (C=O) groups is 2. The Kier molecular flexibility index (Phi) is 7.26. The molecular formula is C29H29N5O3. The van der Waals surface area contributed by atoms with Gasteiger partial charge in [-0.3, -0.25) is 14.6 Å². The highest BCUT2D eigenvalue weighted by Crippen LogP contribution is 2.27. The van der Waals surface area contributed by atoms with Gasteiger partial charge in [0.1, 0.15) is 5.75 Å². The van der Waals surface area contributed by atoms with E-state index in [1.165, 1.54) is 0 Å². The Bertz CT molecular complexity index is 1350. The highest BCUT2D eigenvalue weighted by Gasteiger charge is 2.29. The van der Waals surface area contributed by atoms with Crippen LogP contribution in [0.25, 0.3) is 16.9 Å². The molecule has 1 N–H and O–H groups in total. The summed E-state index contributed by atoms with van der Waals surface area (Å²) in [6.07, 6.45) is 4.70. The minimum atomic E-state index is -0.126. The normalized spacial score (nSPS) is 13.8. The zero-order valence-electron chi connectivity index (χ0n) is 20.7. The number of aromatic nitrogens is 3. The van der Waals surface area contributed by atoms with Crippen LogP contribution in [0.5, 0.6) is 5.75 Å². The van der Waals surface area contributed by atoms with Gasteiger partial charge in [-0.25, -0.2) is 4.68 Å². The van der Waals surface area contributed by atoms with E-state index in [4.69, 9.17) is 9.84 Å². The number of para-hydroxylation sites is 1. The first-order chi connectivity index (χ1) is 18.1. The first kappa shape index (κ1) is 24.2. The highest BCUT2D eigenvalue weighted by molar-refractivity contribution is 5.94. The SMILES string of the molecule is COc1ccc(-c2cc(C(=O)N3CCC(C(=O)NCc4cccnc4)CC3)nn2-c2ccccc2)cc1. The predicted molar refractivity (Wildman–Crippen MR) is 140 cm³/mol. The molecule has 188 valence electrons. The molecule has 1 fully saturated rings. The van der Waals surface area contributed by atoms with Gasteiger partial charge >= 0.3 is 0 Å². The van der Waals surface area contributed by atoms with E-state index >= 15 is 0 Å². The van der Waals surface area contributed by atoms with Crippen LogP contribution in [0.3, 0.4) is 0 Å². The largest absolute Gasteiger partial charge is 0.497 e. The van der Waals surface area contributed by atoms with E-state index in [1.807, 2.05) is 72.8 Å². The number of likely N-dealkylation sites (tertiary alicyclic amines) is 1. The topological polar surface area (TPSA) is 89.3 Å². The molecule has 2 aromatic heterocycles. The summed E-state index contributed by atoms with van der Waals surface area (Å²) in [4.78, 5) is 32.0. The Hall–Kier alpha value is -4.46. The van der Waals surface area contributed by atoms with Crippen molar-refractivity contribution in [2.75, 3.05) is 20.2 Å². The molecule has 0 aliphatic carbocycles. The third-order valence-corrected chi connectivity index (χ3v) is 6.66. The van der Waals surface area contributed by atoms with E-state index < -0.39 is 0 Å². The summed E-state index contributed by atoms with van der Waals surface area (Å²) < 4.78 is 7.09. The second kappa shape index (κ2) is 11.1. The van der Waals surface area contributed by atoms with Crippen LogP contribution in [-0.2, 0) is 11.3 Å². The smallest absolute Gasteiger partial charge is 0.274 e. The molecule has 1 aliphatic heterocycles. The van der Waals surface area contributed by atoms with E-state index in [9.17, 15) is 9.59 Å². The van der Waals surface area contributed by atoms with E-state index in [-0.39, 0.29) is 17.7 Å². The fourth-order valence-electron chi connectivity index (χ4n) is 4.56. The number of carbonyl (C=O) groups excluding carboxylic acids is 2. The average molecular weight is 496 g/mol. The van der Waals surface area contributed by atoms with Gasteiger partial charge in [-0.05, 0) is 66.9 Å². The van der Waals surface area contributed by atoms with Crippen molar-refractivity contribution in [3.8, 4) is 22.7 Å². The van der Waals surface area contributed by atoms with Crippen LogP contribution in [0.15, 0.2) is 85.2 Å². The van der Waals surface area contributed by atoms with Crippen molar-refractivity contribution in [3.05, 3.63) is 96.4 Å². The number of amides is 2. The summed E-state index contributed by atoms with van der Waals surface area (Å²) in [5.41, 5.74) is 3.97. The van der Waals surface area contributed by atoms with Gasteiger partial charge in [-0.2, -0.15) is 5.10 Å². The summed E-state index contributed by atoms with van der Waals surface area (Å²) in [6.45, 7) is 1.48. The second-order valence-electron chi connectivity index (χ2n) is 9.04. The van der Waals surface area contributed by atoms with Gasteiger partial charge in [-0.1, -0.05) is 24.3 Å².